The summed E-state index contributed by atoms with van der Waals surface area (Å²) in [4.78, 5) is 5.67. The van der Waals surface area contributed by atoms with Gasteiger partial charge in [-0.25, -0.2) is 0 Å². The molecule has 3 atom stereocenters. The predicted octanol–water partition coefficient (Wildman–Crippen LogP) is 3.51. The Labute approximate surface area is 119 Å². The molecule has 3 rings (SSSR count). The zero-order chi connectivity index (χ0) is 13.5. The van der Waals surface area contributed by atoms with E-state index in [1.54, 1.807) is 0 Å². The Hall–Kier alpha value is -0.0800. The van der Waals surface area contributed by atoms with E-state index in [1.165, 1.54) is 64.6 Å². The molecule has 2 aliphatic heterocycles. The maximum atomic E-state index is 2.89. The maximum absolute atomic E-state index is 2.89. The van der Waals surface area contributed by atoms with Gasteiger partial charge in [0.15, 0.2) is 0 Å². The van der Waals surface area contributed by atoms with Crippen LogP contribution in [0.5, 0.6) is 0 Å². The minimum Gasteiger partial charge on any atom is -0.298 e. The fourth-order valence-corrected chi connectivity index (χ4v) is 4.90. The van der Waals surface area contributed by atoms with Gasteiger partial charge in [-0.1, -0.05) is 33.1 Å². The van der Waals surface area contributed by atoms with Gasteiger partial charge in [-0.2, -0.15) is 0 Å². The molecule has 0 aromatic carbocycles. The van der Waals surface area contributed by atoms with Gasteiger partial charge in [0.05, 0.1) is 0 Å². The molecule has 1 aliphatic carbocycles. The molecule has 2 heterocycles. The van der Waals surface area contributed by atoms with E-state index in [4.69, 9.17) is 0 Å². The molecule has 2 nitrogen and oxygen atoms in total. The molecule has 0 N–H and O–H groups in total. The van der Waals surface area contributed by atoms with Gasteiger partial charge < -0.3 is 0 Å². The molecule has 2 heteroatoms. The van der Waals surface area contributed by atoms with Gasteiger partial charge in [0, 0.05) is 31.2 Å². The van der Waals surface area contributed by atoms with Crippen molar-refractivity contribution in [1.82, 2.24) is 9.80 Å². The number of fused-ring (bicyclic) bond motifs is 1. The maximum Gasteiger partial charge on any atom is 0.0224 e. The average Bonchev–Trinajstić information content (AvgIpc) is 2.38. The summed E-state index contributed by atoms with van der Waals surface area (Å²) < 4.78 is 0. The highest BCUT2D eigenvalue weighted by Crippen LogP contribution is 2.41. The van der Waals surface area contributed by atoms with E-state index >= 15 is 0 Å². The minimum absolute atomic E-state index is 0.531. The van der Waals surface area contributed by atoms with Crippen molar-refractivity contribution in [2.45, 2.75) is 83.8 Å². The molecule has 3 aliphatic rings. The van der Waals surface area contributed by atoms with Crippen molar-refractivity contribution >= 4 is 0 Å². The molecule has 0 bridgehead atoms. The Morgan fingerprint density at radius 3 is 2.53 bits per heavy atom. The second-order valence-corrected chi connectivity index (χ2v) is 7.94. The van der Waals surface area contributed by atoms with Gasteiger partial charge in [-0.05, 0) is 44.6 Å². The van der Waals surface area contributed by atoms with Gasteiger partial charge in [0.25, 0.3) is 0 Å². The zero-order valence-electron chi connectivity index (χ0n) is 13.2. The van der Waals surface area contributed by atoms with Crippen molar-refractivity contribution in [1.29, 1.82) is 0 Å². The normalized spacial score (nSPS) is 40.9. The summed E-state index contributed by atoms with van der Waals surface area (Å²) in [5.41, 5.74) is 0.531. The summed E-state index contributed by atoms with van der Waals surface area (Å²) >= 11 is 0. The molecule has 0 aromatic heterocycles. The van der Waals surface area contributed by atoms with Crippen LogP contribution in [0.15, 0.2) is 0 Å². The van der Waals surface area contributed by atoms with Gasteiger partial charge in [-0.15, -0.1) is 0 Å². The van der Waals surface area contributed by atoms with E-state index in [9.17, 15) is 0 Å². The highest BCUT2D eigenvalue weighted by atomic mass is 15.3. The van der Waals surface area contributed by atoms with Crippen LogP contribution in [0.3, 0.4) is 0 Å². The molecule has 19 heavy (non-hydrogen) atoms. The summed E-state index contributed by atoms with van der Waals surface area (Å²) in [6.45, 7) is 11.5. The van der Waals surface area contributed by atoms with E-state index in [0.29, 0.717) is 5.41 Å². The molecule has 2 saturated heterocycles. The third-order valence-electron chi connectivity index (χ3n) is 6.09. The van der Waals surface area contributed by atoms with E-state index < -0.39 is 0 Å². The molecule has 110 valence electrons. The predicted molar refractivity (Wildman–Crippen MR) is 81.4 cm³/mol. The Morgan fingerprint density at radius 2 is 1.74 bits per heavy atom. The van der Waals surface area contributed by atoms with E-state index in [-0.39, 0.29) is 0 Å². The smallest absolute Gasteiger partial charge is 0.0224 e. The van der Waals surface area contributed by atoms with Crippen molar-refractivity contribution in [3.8, 4) is 0 Å². The standard InChI is InChI=1S/C17H32N2/c1-14-12-18-11-7-5-8-15(18)13-19(14)16-9-4-6-10-17(16,2)3/h14-16H,4-13H2,1-3H3. The first-order chi connectivity index (χ1) is 9.08. The summed E-state index contributed by atoms with van der Waals surface area (Å²) in [6, 6.07) is 2.46. The minimum atomic E-state index is 0.531. The Kier molecular flexibility index (Phi) is 3.92. The summed E-state index contributed by atoms with van der Waals surface area (Å²) in [5, 5.41) is 0. The number of hydrogen-bond acceptors (Lipinski definition) is 2. The van der Waals surface area contributed by atoms with Crippen LogP contribution in [-0.4, -0.2) is 47.6 Å². The number of piperazine rings is 1. The van der Waals surface area contributed by atoms with Crippen LogP contribution in [0.4, 0.5) is 0 Å². The molecule has 0 radical (unpaired) electrons. The largest absolute Gasteiger partial charge is 0.298 e. The first kappa shape index (κ1) is 13.9. The average molecular weight is 264 g/mol. The quantitative estimate of drug-likeness (QED) is 0.715. The lowest BCUT2D eigenvalue weighted by Crippen LogP contribution is -2.63. The number of piperidine rings is 1. The number of nitrogens with zero attached hydrogens (tertiary/aromatic N) is 2. The first-order valence-electron chi connectivity index (χ1n) is 8.58. The lowest BCUT2D eigenvalue weighted by molar-refractivity contribution is -0.0511. The van der Waals surface area contributed by atoms with Crippen LogP contribution in [0.2, 0.25) is 0 Å². The van der Waals surface area contributed by atoms with E-state index in [2.05, 4.69) is 30.6 Å². The molecule has 1 saturated carbocycles. The first-order valence-corrected chi connectivity index (χ1v) is 8.58. The Morgan fingerprint density at radius 1 is 0.947 bits per heavy atom. The van der Waals surface area contributed by atoms with Crippen molar-refractivity contribution in [2.75, 3.05) is 19.6 Å². The van der Waals surface area contributed by atoms with E-state index in [1.807, 2.05) is 0 Å². The van der Waals surface area contributed by atoms with Gasteiger partial charge in [-0.3, -0.25) is 9.80 Å². The SMILES string of the molecule is CC1CN2CCCCC2CN1C1CCCCC1(C)C. The second kappa shape index (κ2) is 5.37. The summed E-state index contributed by atoms with van der Waals surface area (Å²) in [6.07, 6.45) is 10.1. The monoisotopic (exact) mass is 264 g/mol. The lowest BCUT2D eigenvalue weighted by atomic mass is 9.71. The molecule has 3 fully saturated rings. The molecule has 0 spiro atoms. The molecular formula is C17H32N2. The van der Waals surface area contributed by atoms with Gasteiger partial charge >= 0.3 is 0 Å². The fourth-order valence-electron chi connectivity index (χ4n) is 4.90. The van der Waals surface area contributed by atoms with Crippen LogP contribution in [0.25, 0.3) is 0 Å². The topological polar surface area (TPSA) is 6.48 Å². The van der Waals surface area contributed by atoms with Crippen LogP contribution < -0.4 is 0 Å². The number of hydrogen-bond donors (Lipinski definition) is 0. The molecule has 0 amide bonds. The molecule has 0 aromatic rings. The van der Waals surface area contributed by atoms with Gasteiger partial charge in [0.1, 0.15) is 0 Å². The van der Waals surface area contributed by atoms with Crippen molar-refractivity contribution in [2.24, 2.45) is 5.41 Å². The van der Waals surface area contributed by atoms with Crippen molar-refractivity contribution in [3.63, 3.8) is 0 Å². The highest BCUT2D eigenvalue weighted by Gasteiger charge is 2.42. The van der Waals surface area contributed by atoms with Crippen LogP contribution >= 0.6 is 0 Å². The summed E-state index contributed by atoms with van der Waals surface area (Å²) in [5.74, 6) is 0. The Balaban J connectivity index is 1.72. The fraction of sp³-hybridized carbons (Fsp3) is 1.00. The van der Waals surface area contributed by atoms with E-state index in [0.717, 1.165) is 18.1 Å². The second-order valence-electron chi connectivity index (χ2n) is 7.94. The molecular weight excluding hydrogens is 232 g/mol. The highest BCUT2D eigenvalue weighted by molar-refractivity contribution is 4.97. The van der Waals surface area contributed by atoms with Crippen LogP contribution in [0.1, 0.15) is 65.7 Å². The molecule has 3 unspecified atom stereocenters. The van der Waals surface area contributed by atoms with Crippen LogP contribution in [0, 0.1) is 5.41 Å². The third-order valence-corrected chi connectivity index (χ3v) is 6.09. The third kappa shape index (κ3) is 2.71. The lowest BCUT2D eigenvalue weighted by Gasteiger charge is -2.54. The van der Waals surface area contributed by atoms with Crippen LogP contribution in [-0.2, 0) is 0 Å². The zero-order valence-corrected chi connectivity index (χ0v) is 13.2. The van der Waals surface area contributed by atoms with Gasteiger partial charge in [0.2, 0.25) is 0 Å². The van der Waals surface area contributed by atoms with Crippen molar-refractivity contribution in [3.05, 3.63) is 0 Å². The number of rotatable bonds is 1. The van der Waals surface area contributed by atoms with Crippen molar-refractivity contribution < 1.29 is 0 Å². The Bertz CT molecular complexity index is 312. The summed E-state index contributed by atoms with van der Waals surface area (Å²) in [7, 11) is 0.